The third-order valence-electron chi connectivity index (χ3n) is 12.4. The van der Waals surface area contributed by atoms with Gasteiger partial charge in [-0.05, 0) is 62.9 Å². The molecule has 40 heavy (non-hydrogen) atoms. The summed E-state index contributed by atoms with van der Waals surface area (Å²) < 4.78 is 29.6. The van der Waals surface area contributed by atoms with Gasteiger partial charge in [-0.2, -0.15) is 0 Å². The Bertz CT molecular complexity index is 1120. The lowest BCUT2D eigenvalue weighted by molar-refractivity contribution is -0.274. The number of hydrogen-bond acceptors (Lipinski definition) is 10. The number of ether oxygens (including phenoxy) is 5. The van der Waals surface area contributed by atoms with Crippen molar-refractivity contribution in [3.05, 3.63) is 11.6 Å². The Kier molecular flexibility index (Phi) is 6.21. The van der Waals surface area contributed by atoms with Gasteiger partial charge in [0, 0.05) is 37.4 Å². The van der Waals surface area contributed by atoms with Gasteiger partial charge in [0.2, 0.25) is 0 Å². The van der Waals surface area contributed by atoms with Gasteiger partial charge >= 0.3 is 5.97 Å². The van der Waals surface area contributed by atoms with E-state index in [1.165, 1.54) is 6.08 Å². The van der Waals surface area contributed by atoms with Crippen molar-refractivity contribution < 1.29 is 48.6 Å². The molecule has 7 rings (SSSR count). The largest absolute Gasteiger partial charge is 0.458 e. The molecule has 0 radical (unpaired) electrons. The molecule has 10 nitrogen and oxygen atoms in total. The van der Waals surface area contributed by atoms with E-state index in [9.17, 15) is 24.9 Å². The molecule has 0 amide bonds. The standard InChI is InChI=1S/C30H42O10/c1-13-25(32)19(36-4)11-22(38-13)39-16-5-6-28(2)15(8-16)9-18-23-24(28)26(33)27(34)29(3)17(14-7-21(31)37-12-14)10-20(40-18)30(23,29)35/h7,13,15-20,22-26,32-33,35H,5-6,8-12H2,1-4H3/t13-,15+,16+,17+,18+,19+,20-,22-,23+,24-,25-,26+,28+,29+,30+/m0/s1. The van der Waals surface area contributed by atoms with E-state index in [1.807, 2.05) is 6.92 Å². The van der Waals surface area contributed by atoms with Crippen LogP contribution in [0.15, 0.2) is 11.6 Å². The summed E-state index contributed by atoms with van der Waals surface area (Å²) >= 11 is 0. The first kappa shape index (κ1) is 27.4. The Labute approximate surface area is 234 Å². The highest BCUT2D eigenvalue weighted by Crippen LogP contribution is 2.72. The minimum atomic E-state index is -1.42. The number of Topliss-reactive ketones (excluding diaryl/α,β-unsaturated/α-hetero) is 1. The lowest BCUT2D eigenvalue weighted by atomic mass is 9.42. The number of rotatable bonds is 4. The average Bonchev–Trinajstić information content (AvgIpc) is 3.53. The Hall–Kier alpha value is -1.40. The van der Waals surface area contributed by atoms with E-state index in [0.717, 1.165) is 25.7 Å². The fraction of sp³-hybridized carbons (Fsp3) is 0.867. The summed E-state index contributed by atoms with van der Waals surface area (Å²) in [6, 6.07) is 0. The third kappa shape index (κ3) is 3.41. The fourth-order valence-electron chi connectivity index (χ4n) is 10.3. The second-order valence-corrected chi connectivity index (χ2v) is 13.9. The van der Waals surface area contributed by atoms with Crippen molar-refractivity contribution in [2.75, 3.05) is 13.7 Å². The van der Waals surface area contributed by atoms with Crippen LogP contribution in [0.25, 0.3) is 0 Å². The SMILES string of the molecule is CO[C@@H]1C[C@H](O[C@@H]2CC[C@]3(C)[C@H](C2)C[C@H]2O[C@H]4C[C@H](C5=CC(=O)OC5)[C@]5(C)C(=O)[C@H](O)[C@@H]3[C@@H]2[C@]45O)O[C@@H](C)[C@@H]1O. The maximum atomic E-state index is 14.2. The van der Waals surface area contributed by atoms with Gasteiger partial charge in [-0.15, -0.1) is 0 Å². The zero-order valence-electron chi connectivity index (χ0n) is 23.7. The zero-order valence-corrected chi connectivity index (χ0v) is 23.7. The lowest BCUT2D eigenvalue weighted by Crippen LogP contribution is -2.72. The van der Waals surface area contributed by atoms with E-state index < -0.39 is 59.5 Å². The molecule has 6 fully saturated rings. The number of methoxy groups -OCH3 is 1. The van der Waals surface area contributed by atoms with E-state index in [1.54, 1.807) is 14.0 Å². The van der Waals surface area contributed by atoms with Crippen LogP contribution in [0.3, 0.4) is 0 Å². The molecule has 0 spiro atoms. The van der Waals surface area contributed by atoms with E-state index in [2.05, 4.69) is 6.92 Å². The van der Waals surface area contributed by atoms with Gasteiger partial charge in [-0.3, -0.25) is 4.79 Å². The molecular formula is C30H42O10. The van der Waals surface area contributed by atoms with Crippen molar-refractivity contribution >= 4 is 11.8 Å². The quantitative estimate of drug-likeness (QED) is 0.339. The first-order valence-electron chi connectivity index (χ1n) is 14.9. The predicted molar refractivity (Wildman–Crippen MR) is 138 cm³/mol. The van der Waals surface area contributed by atoms with Crippen molar-refractivity contribution in [3.63, 3.8) is 0 Å². The van der Waals surface area contributed by atoms with Gasteiger partial charge in [0.1, 0.15) is 24.4 Å². The number of hydrogen-bond donors (Lipinski definition) is 3. The number of carbonyl (C=O) groups is 2. The number of fused-ring (bicyclic) bond motifs is 2. The van der Waals surface area contributed by atoms with Crippen molar-refractivity contribution in [2.45, 2.75) is 114 Å². The van der Waals surface area contributed by atoms with Crippen LogP contribution in [0.1, 0.15) is 59.3 Å². The average molecular weight is 563 g/mol. The summed E-state index contributed by atoms with van der Waals surface area (Å²) in [5.74, 6) is -1.86. The Morgan fingerprint density at radius 1 is 1.05 bits per heavy atom. The van der Waals surface area contributed by atoms with E-state index in [0.29, 0.717) is 18.4 Å². The van der Waals surface area contributed by atoms with Gasteiger partial charge in [-0.1, -0.05) is 6.92 Å². The molecule has 0 aromatic carbocycles. The van der Waals surface area contributed by atoms with Gasteiger partial charge in [0.15, 0.2) is 12.1 Å². The summed E-state index contributed by atoms with van der Waals surface area (Å²) in [4.78, 5) is 26.0. The van der Waals surface area contributed by atoms with Gasteiger partial charge in [0.05, 0.1) is 35.9 Å². The van der Waals surface area contributed by atoms with Crippen molar-refractivity contribution in [1.82, 2.24) is 0 Å². The maximum Gasteiger partial charge on any atom is 0.331 e. The highest BCUT2D eigenvalue weighted by molar-refractivity contribution is 5.94. The van der Waals surface area contributed by atoms with Crippen molar-refractivity contribution in [3.8, 4) is 0 Å². The van der Waals surface area contributed by atoms with Crippen LogP contribution in [0.2, 0.25) is 0 Å². The molecule has 0 bridgehead atoms. The van der Waals surface area contributed by atoms with Gasteiger partial charge in [0.25, 0.3) is 0 Å². The van der Waals surface area contributed by atoms with Crippen LogP contribution in [0, 0.1) is 34.5 Å². The summed E-state index contributed by atoms with van der Waals surface area (Å²) in [6.07, 6.45) is 1.23. The van der Waals surface area contributed by atoms with Crippen LogP contribution >= 0.6 is 0 Å². The number of cyclic esters (lactones) is 1. The van der Waals surface area contributed by atoms with Crippen molar-refractivity contribution in [1.29, 1.82) is 0 Å². The number of ketones is 1. The Morgan fingerprint density at radius 2 is 1.82 bits per heavy atom. The zero-order chi connectivity index (χ0) is 28.4. The minimum absolute atomic E-state index is 0.0681. The second-order valence-electron chi connectivity index (χ2n) is 13.9. The molecule has 3 heterocycles. The normalized spacial score (nSPS) is 56.9. The first-order valence-corrected chi connectivity index (χ1v) is 14.9. The first-order chi connectivity index (χ1) is 18.9. The molecule has 4 saturated carbocycles. The molecule has 0 unspecified atom stereocenters. The molecule has 7 aliphatic rings. The molecule has 3 N–H and O–H groups in total. The summed E-state index contributed by atoms with van der Waals surface area (Å²) in [6.45, 7) is 5.86. The summed E-state index contributed by atoms with van der Waals surface area (Å²) in [7, 11) is 1.58. The molecule has 0 aromatic rings. The Balaban J connectivity index is 1.15. The predicted octanol–water partition coefficient (Wildman–Crippen LogP) is 1.28. The number of aliphatic hydroxyl groups is 3. The van der Waals surface area contributed by atoms with E-state index >= 15 is 0 Å². The van der Waals surface area contributed by atoms with E-state index in [-0.39, 0.29) is 48.0 Å². The molecule has 15 atom stereocenters. The highest BCUT2D eigenvalue weighted by atomic mass is 16.7. The molecule has 10 heteroatoms. The van der Waals surface area contributed by atoms with Crippen LogP contribution in [0.5, 0.6) is 0 Å². The second kappa shape index (κ2) is 9.05. The summed E-state index contributed by atoms with van der Waals surface area (Å²) in [5.41, 5.74) is -2.34. The number of aliphatic hydroxyl groups excluding tert-OH is 2. The molecule has 4 aliphatic carbocycles. The van der Waals surface area contributed by atoms with Crippen LogP contribution in [0.4, 0.5) is 0 Å². The topological polar surface area (TPSA) is 141 Å². The lowest BCUT2D eigenvalue weighted by Gasteiger charge is -2.63. The van der Waals surface area contributed by atoms with Crippen LogP contribution in [-0.2, 0) is 33.3 Å². The summed E-state index contributed by atoms with van der Waals surface area (Å²) in [5, 5.41) is 34.6. The minimum Gasteiger partial charge on any atom is -0.458 e. The van der Waals surface area contributed by atoms with Crippen molar-refractivity contribution in [2.24, 2.45) is 34.5 Å². The molecule has 3 aliphatic heterocycles. The molecule has 2 saturated heterocycles. The maximum absolute atomic E-state index is 14.2. The van der Waals surface area contributed by atoms with Crippen LogP contribution < -0.4 is 0 Å². The third-order valence-corrected chi connectivity index (χ3v) is 12.4. The fourth-order valence-corrected chi connectivity index (χ4v) is 10.3. The van der Waals surface area contributed by atoms with Gasteiger partial charge < -0.3 is 39.0 Å². The smallest absolute Gasteiger partial charge is 0.331 e. The molecule has 0 aromatic heterocycles. The van der Waals surface area contributed by atoms with E-state index in [4.69, 9.17) is 23.7 Å². The Morgan fingerprint density at radius 3 is 2.52 bits per heavy atom. The molecule has 222 valence electrons. The van der Waals surface area contributed by atoms with Gasteiger partial charge in [-0.25, -0.2) is 4.79 Å². The highest BCUT2D eigenvalue weighted by Gasteiger charge is 2.81. The number of esters is 1. The number of carbonyl (C=O) groups excluding carboxylic acids is 2. The molecular weight excluding hydrogens is 520 g/mol. The van der Waals surface area contributed by atoms with Crippen LogP contribution in [-0.4, -0.2) is 95.4 Å². The monoisotopic (exact) mass is 562 g/mol.